The molecule has 0 aromatic carbocycles. The van der Waals surface area contributed by atoms with Crippen molar-refractivity contribution in [2.75, 3.05) is 40.4 Å². The molecule has 0 aromatic heterocycles. The van der Waals surface area contributed by atoms with Gasteiger partial charge in [0.1, 0.15) is 0 Å². The van der Waals surface area contributed by atoms with Crippen LogP contribution in [0.2, 0.25) is 0 Å². The Hall–Kier alpha value is -2.22. The third kappa shape index (κ3) is 7.45. The summed E-state index contributed by atoms with van der Waals surface area (Å²) in [4.78, 5) is 46.9. The summed E-state index contributed by atoms with van der Waals surface area (Å²) in [6.07, 6.45) is -0.728. The minimum Gasteiger partial charge on any atom is -0.517 e. The molecule has 4 N–H and O–H groups in total. The molecular weight excluding hydrogens is 411 g/mol. The molecule has 0 aromatic rings. The van der Waals surface area contributed by atoms with Crippen LogP contribution >= 0.6 is 0 Å². The van der Waals surface area contributed by atoms with Crippen LogP contribution in [0.15, 0.2) is 0 Å². The second-order valence-electron chi connectivity index (χ2n) is 7.81. The molecular formula is C18H32BN4O8-. The van der Waals surface area contributed by atoms with Crippen LogP contribution in [0.25, 0.3) is 0 Å². The first-order valence-corrected chi connectivity index (χ1v) is 10.4. The van der Waals surface area contributed by atoms with Gasteiger partial charge in [-0.15, -0.1) is 0 Å². The van der Waals surface area contributed by atoms with Crippen molar-refractivity contribution in [3.8, 4) is 0 Å². The van der Waals surface area contributed by atoms with Crippen molar-refractivity contribution < 1.29 is 37.8 Å². The fourth-order valence-electron chi connectivity index (χ4n) is 3.17. The molecule has 0 radical (unpaired) electrons. The van der Waals surface area contributed by atoms with Gasteiger partial charge in [-0.2, -0.15) is 0 Å². The van der Waals surface area contributed by atoms with E-state index in [-0.39, 0.29) is 62.8 Å². The van der Waals surface area contributed by atoms with Crippen molar-refractivity contribution in [3.63, 3.8) is 0 Å². The average molecular weight is 443 g/mol. The Balaban J connectivity index is 1.70. The van der Waals surface area contributed by atoms with Crippen LogP contribution < -0.4 is 21.3 Å². The zero-order valence-electron chi connectivity index (χ0n) is 18.4. The van der Waals surface area contributed by atoms with Gasteiger partial charge in [-0.3, -0.25) is 19.2 Å². The van der Waals surface area contributed by atoms with Crippen molar-refractivity contribution in [1.29, 1.82) is 0 Å². The van der Waals surface area contributed by atoms with Gasteiger partial charge in [0, 0.05) is 65.1 Å². The second kappa shape index (κ2) is 11.4. The van der Waals surface area contributed by atoms with Crippen LogP contribution in [0, 0.1) is 11.8 Å². The second-order valence-corrected chi connectivity index (χ2v) is 7.81. The zero-order valence-corrected chi connectivity index (χ0v) is 18.4. The smallest absolute Gasteiger partial charge is 0.517 e. The Bertz CT molecular complexity index is 623. The number of hydrogen-bond donors (Lipinski definition) is 4. The maximum absolute atomic E-state index is 12.1. The van der Waals surface area contributed by atoms with E-state index < -0.39 is 31.0 Å². The van der Waals surface area contributed by atoms with Crippen LogP contribution in [0.3, 0.4) is 0 Å². The third-order valence-electron chi connectivity index (χ3n) is 5.13. The van der Waals surface area contributed by atoms with Gasteiger partial charge >= 0.3 is 6.96 Å². The number of carbonyl (C=O) groups is 4. The van der Waals surface area contributed by atoms with Crippen LogP contribution in [0.1, 0.15) is 26.7 Å². The summed E-state index contributed by atoms with van der Waals surface area (Å²) < 4.78 is 22.6. The van der Waals surface area contributed by atoms with Crippen LogP contribution in [0.4, 0.5) is 0 Å². The predicted octanol–water partition coefficient (Wildman–Crippen LogP) is -1.97. The largest absolute Gasteiger partial charge is 0.531 e. The van der Waals surface area contributed by atoms with Gasteiger partial charge in [-0.05, 0) is 0 Å². The maximum Gasteiger partial charge on any atom is 0.531 e. The molecule has 13 heteroatoms. The molecule has 0 bridgehead atoms. The van der Waals surface area contributed by atoms with Gasteiger partial charge < -0.3 is 39.9 Å². The van der Waals surface area contributed by atoms with E-state index in [4.69, 9.17) is 18.6 Å². The molecule has 2 rings (SSSR count). The quantitative estimate of drug-likeness (QED) is 0.284. The minimum absolute atomic E-state index is 0.0968. The SMILES string of the molecule is CNC(=O)CC(C)C(=O)NCC1CO[B-]2(OCC(CNC(=O)C(C)CC(=O)NC)O2)O1. The molecule has 1 spiro atoms. The fraction of sp³-hybridized carbons (Fsp3) is 0.778. The monoisotopic (exact) mass is 443 g/mol. The highest BCUT2D eigenvalue weighted by atomic mass is 16.9. The number of nitrogens with one attached hydrogen (secondary N) is 4. The van der Waals surface area contributed by atoms with Crippen molar-refractivity contribution in [2.24, 2.45) is 11.8 Å². The van der Waals surface area contributed by atoms with E-state index in [9.17, 15) is 19.2 Å². The summed E-state index contributed by atoms with van der Waals surface area (Å²) in [5.74, 6) is -1.89. The van der Waals surface area contributed by atoms with Crippen LogP contribution in [-0.4, -0.2) is 83.2 Å². The summed E-state index contributed by atoms with van der Waals surface area (Å²) in [5, 5.41) is 10.4. The first-order valence-electron chi connectivity index (χ1n) is 10.4. The number of carbonyl (C=O) groups excluding carboxylic acids is 4. The highest BCUT2D eigenvalue weighted by Crippen LogP contribution is 2.28. The van der Waals surface area contributed by atoms with Gasteiger partial charge in [-0.1, -0.05) is 13.8 Å². The Morgan fingerprint density at radius 3 is 1.55 bits per heavy atom. The van der Waals surface area contributed by atoms with Gasteiger partial charge in [0.2, 0.25) is 23.6 Å². The summed E-state index contributed by atoms with van der Waals surface area (Å²) >= 11 is 0. The molecule has 176 valence electrons. The summed E-state index contributed by atoms with van der Waals surface area (Å²) in [6, 6.07) is 0. The zero-order chi connectivity index (χ0) is 23.0. The van der Waals surface area contributed by atoms with Gasteiger partial charge in [0.25, 0.3) is 0 Å². The Labute approximate surface area is 181 Å². The topological polar surface area (TPSA) is 153 Å². The van der Waals surface area contributed by atoms with E-state index in [0.29, 0.717) is 0 Å². The standard InChI is InChI=1S/C18H32BN4O8/c1-11(5-15(24)20-3)17(26)22-7-13-9-28-19(30-13)29-10-14(31-19)8-23-18(27)12(2)6-16(25)21-4/h11-14H,5-10H2,1-4H3,(H,20,24)(H,21,25)(H,22,26)(H,23,27)/q-1. The lowest BCUT2D eigenvalue weighted by Crippen LogP contribution is -2.44. The van der Waals surface area contributed by atoms with Gasteiger partial charge in [-0.25, -0.2) is 0 Å². The van der Waals surface area contributed by atoms with Crippen molar-refractivity contribution in [2.45, 2.75) is 38.9 Å². The molecule has 2 aliphatic heterocycles. The Kier molecular flexibility index (Phi) is 9.23. The fourth-order valence-corrected chi connectivity index (χ4v) is 3.17. The molecule has 2 heterocycles. The molecule has 12 nitrogen and oxygen atoms in total. The van der Waals surface area contributed by atoms with Gasteiger partial charge in [0.15, 0.2) is 0 Å². The lowest BCUT2D eigenvalue weighted by atomic mass is 10.1. The lowest BCUT2D eigenvalue weighted by Gasteiger charge is -2.29. The van der Waals surface area contributed by atoms with E-state index in [2.05, 4.69) is 21.3 Å². The molecule has 0 saturated carbocycles. The number of hydrogen-bond acceptors (Lipinski definition) is 8. The third-order valence-corrected chi connectivity index (χ3v) is 5.13. The van der Waals surface area contributed by atoms with Crippen LogP contribution in [0.5, 0.6) is 0 Å². The average Bonchev–Trinajstić information content (AvgIpc) is 3.35. The molecule has 4 amide bonds. The molecule has 4 atom stereocenters. The lowest BCUT2D eigenvalue weighted by molar-refractivity contribution is -0.129. The molecule has 4 unspecified atom stereocenters. The Morgan fingerprint density at radius 1 is 0.806 bits per heavy atom. The van der Waals surface area contributed by atoms with Crippen molar-refractivity contribution in [3.05, 3.63) is 0 Å². The van der Waals surface area contributed by atoms with E-state index in [1.807, 2.05) is 0 Å². The summed E-state index contributed by atoms with van der Waals surface area (Å²) in [7, 11) is 3.04. The summed E-state index contributed by atoms with van der Waals surface area (Å²) in [6.45, 7) is 1.66. The molecule has 31 heavy (non-hydrogen) atoms. The summed E-state index contributed by atoms with van der Waals surface area (Å²) in [5.41, 5.74) is 0. The van der Waals surface area contributed by atoms with Crippen molar-refractivity contribution in [1.82, 2.24) is 21.3 Å². The first kappa shape index (κ1) is 25.0. The maximum atomic E-state index is 12.1. The van der Waals surface area contributed by atoms with Crippen molar-refractivity contribution >= 4 is 30.6 Å². The molecule has 2 saturated heterocycles. The van der Waals surface area contributed by atoms with E-state index >= 15 is 0 Å². The normalized spacial score (nSPS) is 26.8. The van der Waals surface area contributed by atoms with E-state index in [1.165, 1.54) is 14.1 Å². The number of rotatable bonds is 10. The van der Waals surface area contributed by atoms with E-state index in [1.54, 1.807) is 13.8 Å². The number of amides is 4. The van der Waals surface area contributed by atoms with E-state index in [0.717, 1.165) is 0 Å². The van der Waals surface area contributed by atoms with Gasteiger partial charge in [0.05, 0.1) is 12.2 Å². The highest BCUT2D eigenvalue weighted by Gasteiger charge is 2.46. The molecule has 2 aliphatic rings. The predicted molar refractivity (Wildman–Crippen MR) is 109 cm³/mol. The minimum atomic E-state index is -2.39. The highest BCUT2D eigenvalue weighted by molar-refractivity contribution is 6.54. The Morgan fingerprint density at radius 2 is 1.19 bits per heavy atom. The molecule has 0 aliphatic carbocycles. The molecule has 2 fully saturated rings. The first-order chi connectivity index (χ1) is 14.7. The van der Waals surface area contributed by atoms with Crippen LogP contribution in [-0.2, 0) is 37.8 Å².